The Labute approximate surface area is 130 Å². The van der Waals surface area contributed by atoms with Gasteiger partial charge in [-0.2, -0.15) is 11.3 Å². The van der Waals surface area contributed by atoms with Crippen molar-refractivity contribution < 1.29 is 0 Å². The zero-order chi connectivity index (χ0) is 14.5. The van der Waals surface area contributed by atoms with Crippen LogP contribution in [0.25, 0.3) is 0 Å². The first kappa shape index (κ1) is 14.5. The van der Waals surface area contributed by atoms with Crippen LogP contribution in [0.4, 0.5) is 5.82 Å². The molecule has 4 nitrogen and oxygen atoms in total. The van der Waals surface area contributed by atoms with E-state index in [2.05, 4.69) is 50.0 Å². The lowest BCUT2D eigenvalue weighted by Crippen LogP contribution is -2.45. The number of anilines is 1. The summed E-state index contributed by atoms with van der Waals surface area (Å²) < 4.78 is 0. The van der Waals surface area contributed by atoms with Crippen LogP contribution >= 0.6 is 11.3 Å². The summed E-state index contributed by atoms with van der Waals surface area (Å²) in [5.41, 5.74) is 2.64. The van der Waals surface area contributed by atoms with E-state index < -0.39 is 0 Å². The minimum absolute atomic E-state index is 0.866. The molecule has 0 spiro atoms. The summed E-state index contributed by atoms with van der Waals surface area (Å²) in [5, 5.41) is 7.84. The molecule has 1 N–H and O–H groups in total. The highest BCUT2D eigenvalue weighted by atomic mass is 32.1. The van der Waals surface area contributed by atoms with Gasteiger partial charge < -0.3 is 15.1 Å². The van der Waals surface area contributed by atoms with Crippen molar-refractivity contribution in [3.05, 3.63) is 46.3 Å². The molecule has 21 heavy (non-hydrogen) atoms. The van der Waals surface area contributed by atoms with E-state index in [9.17, 15) is 0 Å². The molecule has 0 radical (unpaired) electrons. The molecule has 0 amide bonds. The lowest BCUT2D eigenvalue weighted by Gasteiger charge is -2.34. The molecule has 0 aliphatic carbocycles. The fourth-order valence-corrected chi connectivity index (χ4v) is 3.27. The molecule has 0 bridgehead atoms. The first-order chi connectivity index (χ1) is 10.3. The maximum Gasteiger partial charge on any atom is 0.133 e. The molecule has 1 aliphatic rings. The Morgan fingerprint density at radius 3 is 2.81 bits per heavy atom. The fourth-order valence-electron chi connectivity index (χ4n) is 2.61. The van der Waals surface area contributed by atoms with Crippen LogP contribution in [0.3, 0.4) is 0 Å². The zero-order valence-corrected chi connectivity index (χ0v) is 13.3. The van der Waals surface area contributed by atoms with Crippen molar-refractivity contribution in [2.24, 2.45) is 0 Å². The second-order valence-corrected chi connectivity index (χ2v) is 6.29. The smallest absolute Gasteiger partial charge is 0.133 e. The SMILES string of the molecule is CN1CCN(c2ncccc2CNCc2ccsc2)CC1. The first-order valence-electron chi connectivity index (χ1n) is 7.42. The summed E-state index contributed by atoms with van der Waals surface area (Å²) >= 11 is 1.75. The monoisotopic (exact) mass is 302 g/mol. The van der Waals surface area contributed by atoms with Crippen LogP contribution in [-0.4, -0.2) is 43.1 Å². The fraction of sp³-hybridized carbons (Fsp3) is 0.438. The average Bonchev–Trinajstić information content (AvgIpc) is 3.02. The van der Waals surface area contributed by atoms with Crippen molar-refractivity contribution in [3.63, 3.8) is 0 Å². The number of piperazine rings is 1. The van der Waals surface area contributed by atoms with Crippen molar-refractivity contribution in [2.75, 3.05) is 38.1 Å². The standard InChI is InChI=1S/C16H22N4S/c1-19-6-8-20(9-7-19)16-15(3-2-5-18-16)12-17-11-14-4-10-21-13-14/h2-5,10,13,17H,6-9,11-12H2,1H3. The normalized spacial score (nSPS) is 16.3. The third kappa shape index (κ3) is 3.81. The highest BCUT2D eigenvalue weighted by Gasteiger charge is 2.17. The Balaban J connectivity index is 1.62. The van der Waals surface area contributed by atoms with Crippen LogP contribution in [0.2, 0.25) is 0 Å². The van der Waals surface area contributed by atoms with Gasteiger partial charge in [-0.3, -0.25) is 0 Å². The summed E-state index contributed by atoms with van der Waals surface area (Å²) in [6.45, 7) is 6.12. The van der Waals surface area contributed by atoms with E-state index in [1.165, 1.54) is 11.1 Å². The lowest BCUT2D eigenvalue weighted by molar-refractivity contribution is 0.311. The number of pyridine rings is 1. The highest BCUT2D eigenvalue weighted by molar-refractivity contribution is 7.07. The van der Waals surface area contributed by atoms with Crippen molar-refractivity contribution in [1.29, 1.82) is 0 Å². The van der Waals surface area contributed by atoms with Crippen LogP contribution < -0.4 is 10.2 Å². The van der Waals surface area contributed by atoms with Gasteiger partial charge in [-0.1, -0.05) is 6.07 Å². The van der Waals surface area contributed by atoms with E-state index in [0.29, 0.717) is 0 Å². The van der Waals surface area contributed by atoms with Crippen LogP contribution in [0.5, 0.6) is 0 Å². The minimum atomic E-state index is 0.866. The first-order valence-corrected chi connectivity index (χ1v) is 8.36. The summed E-state index contributed by atoms with van der Waals surface area (Å²) in [6.07, 6.45) is 1.90. The molecule has 1 fully saturated rings. The van der Waals surface area contributed by atoms with E-state index in [1.807, 2.05) is 12.3 Å². The molecule has 1 aliphatic heterocycles. The molecule has 3 heterocycles. The molecule has 0 saturated carbocycles. The number of hydrogen-bond acceptors (Lipinski definition) is 5. The molecule has 0 unspecified atom stereocenters. The largest absolute Gasteiger partial charge is 0.354 e. The summed E-state index contributed by atoms with van der Waals surface area (Å²) in [6, 6.07) is 6.38. The van der Waals surface area contributed by atoms with Gasteiger partial charge in [0.05, 0.1) is 0 Å². The van der Waals surface area contributed by atoms with Gasteiger partial charge in [0.1, 0.15) is 5.82 Å². The zero-order valence-electron chi connectivity index (χ0n) is 12.5. The predicted octanol–water partition coefficient (Wildman–Crippen LogP) is 2.18. The molecule has 1 saturated heterocycles. The summed E-state index contributed by atoms with van der Waals surface area (Å²) in [5.74, 6) is 1.14. The van der Waals surface area contributed by atoms with Gasteiger partial charge in [-0.05, 0) is 35.5 Å². The average molecular weight is 302 g/mol. The van der Waals surface area contributed by atoms with E-state index in [4.69, 9.17) is 0 Å². The molecule has 0 atom stereocenters. The Morgan fingerprint density at radius 2 is 2.05 bits per heavy atom. The van der Waals surface area contributed by atoms with Gasteiger partial charge in [0.25, 0.3) is 0 Å². The van der Waals surface area contributed by atoms with Gasteiger partial charge in [0.15, 0.2) is 0 Å². The molecule has 3 rings (SSSR count). The highest BCUT2D eigenvalue weighted by Crippen LogP contribution is 2.18. The van der Waals surface area contributed by atoms with Gasteiger partial charge in [0.2, 0.25) is 0 Å². The summed E-state index contributed by atoms with van der Waals surface area (Å²) in [7, 11) is 2.18. The van der Waals surface area contributed by atoms with Crippen LogP contribution in [0.15, 0.2) is 35.2 Å². The van der Waals surface area contributed by atoms with E-state index in [1.54, 1.807) is 11.3 Å². The second-order valence-electron chi connectivity index (χ2n) is 5.51. The maximum atomic E-state index is 4.61. The molecular formula is C16H22N4S. The van der Waals surface area contributed by atoms with Crippen LogP contribution in [-0.2, 0) is 13.1 Å². The third-order valence-electron chi connectivity index (χ3n) is 3.89. The molecule has 5 heteroatoms. The number of thiophene rings is 1. The van der Waals surface area contributed by atoms with Crippen molar-refractivity contribution in [1.82, 2.24) is 15.2 Å². The Kier molecular flexibility index (Phi) is 4.85. The molecule has 2 aromatic heterocycles. The summed E-state index contributed by atoms with van der Waals surface area (Å²) in [4.78, 5) is 9.39. The van der Waals surface area contributed by atoms with Crippen molar-refractivity contribution in [3.8, 4) is 0 Å². The van der Waals surface area contributed by atoms with Gasteiger partial charge in [-0.15, -0.1) is 0 Å². The predicted molar refractivity (Wildman–Crippen MR) is 88.8 cm³/mol. The number of nitrogens with one attached hydrogen (secondary N) is 1. The number of aromatic nitrogens is 1. The molecule has 112 valence electrons. The van der Waals surface area contributed by atoms with Gasteiger partial charge in [-0.25, -0.2) is 4.98 Å². The van der Waals surface area contributed by atoms with E-state index in [0.717, 1.165) is 45.1 Å². The number of hydrogen-bond donors (Lipinski definition) is 1. The Bertz CT molecular complexity index is 547. The molecular weight excluding hydrogens is 280 g/mol. The van der Waals surface area contributed by atoms with Crippen molar-refractivity contribution >= 4 is 17.2 Å². The van der Waals surface area contributed by atoms with Crippen LogP contribution in [0, 0.1) is 0 Å². The minimum Gasteiger partial charge on any atom is -0.354 e. The van der Waals surface area contributed by atoms with E-state index >= 15 is 0 Å². The number of likely N-dealkylation sites (N-methyl/N-ethyl adjacent to an activating group) is 1. The van der Waals surface area contributed by atoms with E-state index in [-0.39, 0.29) is 0 Å². The van der Waals surface area contributed by atoms with Crippen LogP contribution in [0.1, 0.15) is 11.1 Å². The molecule has 0 aromatic carbocycles. The second kappa shape index (κ2) is 7.02. The van der Waals surface area contributed by atoms with Gasteiger partial charge >= 0.3 is 0 Å². The Morgan fingerprint density at radius 1 is 1.19 bits per heavy atom. The quantitative estimate of drug-likeness (QED) is 0.917. The number of rotatable bonds is 5. The number of nitrogens with zero attached hydrogens (tertiary/aromatic N) is 3. The van der Waals surface area contributed by atoms with Crippen molar-refractivity contribution in [2.45, 2.75) is 13.1 Å². The van der Waals surface area contributed by atoms with Gasteiger partial charge in [0, 0.05) is 51.0 Å². The topological polar surface area (TPSA) is 31.4 Å². The lowest BCUT2D eigenvalue weighted by atomic mass is 10.2. The molecule has 2 aromatic rings. The Hall–Kier alpha value is -1.43. The maximum absolute atomic E-state index is 4.61. The third-order valence-corrected chi connectivity index (χ3v) is 4.63.